The van der Waals surface area contributed by atoms with Crippen molar-refractivity contribution in [3.63, 3.8) is 0 Å². The molecule has 0 radical (unpaired) electrons. The molecule has 0 spiro atoms. The van der Waals surface area contributed by atoms with E-state index in [9.17, 15) is 0 Å². The molecule has 0 saturated heterocycles. The number of hydrogen-bond donors (Lipinski definition) is 1. The van der Waals surface area contributed by atoms with Gasteiger partial charge in [0.1, 0.15) is 0 Å². The molecule has 1 unspecified atom stereocenters. The maximum atomic E-state index is 6.31. The first-order valence-electron chi connectivity index (χ1n) is 6.00. The second-order valence-electron chi connectivity index (χ2n) is 4.93. The minimum absolute atomic E-state index is 0.160. The molecule has 2 rings (SSSR count). The maximum absolute atomic E-state index is 6.31. The summed E-state index contributed by atoms with van der Waals surface area (Å²) in [6.07, 6.45) is 0. The number of rotatable bonds is 3. The Kier molecular flexibility index (Phi) is 4.17. The predicted octanol–water partition coefficient (Wildman–Crippen LogP) is 3.43. The normalized spacial score (nSPS) is 19.5. The van der Waals surface area contributed by atoms with E-state index in [4.69, 9.17) is 17.3 Å². The number of halogens is 2. The highest BCUT2D eigenvalue weighted by atomic mass is 79.9. The van der Waals surface area contributed by atoms with Crippen LogP contribution in [0.2, 0.25) is 5.02 Å². The van der Waals surface area contributed by atoms with Crippen molar-refractivity contribution in [1.29, 1.82) is 0 Å². The van der Waals surface area contributed by atoms with Crippen LogP contribution in [0.15, 0.2) is 27.7 Å². The minimum atomic E-state index is 0.160. The topological polar surface area (TPSA) is 41.6 Å². The van der Waals surface area contributed by atoms with E-state index in [0.29, 0.717) is 18.4 Å². The van der Waals surface area contributed by atoms with Gasteiger partial charge < -0.3 is 10.6 Å². The molecule has 0 aliphatic carbocycles. The van der Waals surface area contributed by atoms with Gasteiger partial charge in [0, 0.05) is 16.0 Å². The summed E-state index contributed by atoms with van der Waals surface area (Å²) in [6, 6.07) is 6.12. The van der Waals surface area contributed by atoms with E-state index in [-0.39, 0.29) is 6.04 Å². The number of nitrogens with zero attached hydrogens (tertiary/aromatic N) is 2. The molecule has 3 nitrogen and oxygen atoms in total. The third-order valence-corrected chi connectivity index (χ3v) is 3.80. The second kappa shape index (κ2) is 5.49. The first-order valence-corrected chi connectivity index (χ1v) is 7.17. The fraction of sp³-hybridized carbons (Fsp3) is 0.462. The minimum Gasteiger partial charge on any atom is -0.370 e. The van der Waals surface area contributed by atoms with Gasteiger partial charge in [0.15, 0.2) is 5.96 Å². The van der Waals surface area contributed by atoms with Gasteiger partial charge in [-0.1, -0.05) is 47.4 Å². The van der Waals surface area contributed by atoms with Gasteiger partial charge in [-0.3, -0.25) is 4.99 Å². The molecule has 1 aliphatic heterocycles. The van der Waals surface area contributed by atoms with Gasteiger partial charge in [-0.15, -0.1) is 0 Å². The summed E-state index contributed by atoms with van der Waals surface area (Å²) in [6.45, 7) is 5.92. The van der Waals surface area contributed by atoms with Crippen molar-refractivity contribution >= 4 is 33.5 Å². The van der Waals surface area contributed by atoms with E-state index < -0.39 is 0 Å². The number of benzene rings is 1. The zero-order chi connectivity index (χ0) is 13.3. The Morgan fingerprint density at radius 3 is 2.89 bits per heavy atom. The molecule has 1 aromatic rings. The largest absolute Gasteiger partial charge is 0.370 e. The average molecular weight is 331 g/mol. The molecule has 1 aliphatic rings. The molecule has 0 bridgehead atoms. The third kappa shape index (κ3) is 2.81. The standard InChI is InChI=1S/C13H17BrClN3/c1-8(2)7-18-12(6-17-13(18)16)10-4-3-9(14)5-11(10)15/h3-5,8,12H,6-7H2,1-2H3,(H2,16,17). The van der Waals surface area contributed by atoms with Gasteiger partial charge in [0.2, 0.25) is 0 Å². The quantitative estimate of drug-likeness (QED) is 0.922. The van der Waals surface area contributed by atoms with Crippen molar-refractivity contribution in [2.45, 2.75) is 19.9 Å². The molecule has 0 aromatic heterocycles. The molecule has 0 saturated carbocycles. The van der Waals surface area contributed by atoms with Crippen molar-refractivity contribution in [2.24, 2.45) is 16.6 Å². The number of aliphatic imine (C=N–C) groups is 1. The first-order chi connectivity index (χ1) is 8.49. The molecular weight excluding hydrogens is 314 g/mol. The molecule has 0 amide bonds. The van der Waals surface area contributed by atoms with Crippen molar-refractivity contribution in [1.82, 2.24) is 4.90 Å². The van der Waals surface area contributed by atoms with Crippen LogP contribution < -0.4 is 5.73 Å². The maximum Gasteiger partial charge on any atom is 0.191 e. The lowest BCUT2D eigenvalue weighted by atomic mass is 10.0. The molecule has 5 heteroatoms. The Balaban J connectivity index is 2.27. The Labute approximate surface area is 121 Å². The van der Waals surface area contributed by atoms with Crippen molar-refractivity contribution in [2.75, 3.05) is 13.1 Å². The Hall–Kier alpha value is -0.740. The van der Waals surface area contributed by atoms with E-state index in [0.717, 1.165) is 21.6 Å². The lowest BCUT2D eigenvalue weighted by Gasteiger charge is -2.28. The van der Waals surface area contributed by atoms with Crippen molar-refractivity contribution < 1.29 is 0 Å². The van der Waals surface area contributed by atoms with Gasteiger partial charge in [0.25, 0.3) is 0 Å². The van der Waals surface area contributed by atoms with Crippen LogP contribution in [0.3, 0.4) is 0 Å². The summed E-state index contributed by atoms with van der Waals surface area (Å²) in [5, 5.41) is 0.757. The zero-order valence-electron chi connectivity index (χ0n) is 10.5. The lowest BCUT2D eigenvalue weighted by Crippen LogP contribution is -2.38. The van der Waals surface area contributed by atoms with Crippen LogP contribution in [-0.4, -0.2) is 23.9 Å². The fourth-order valence-electron chi connectivity index (χ4n) is 2.18. The highest BCUT2D eigenvalue weighted by Crippen LogP contribution is 2.33. The third-order valence-electron chi connectivity index (χ3n) is 2.98. The summed E-state index contributed by atoms with van der Waals surface area (Å²) in [5.41, 5.74) is 7.05. The molecule has 18 heavy (non-hydrogen) atoms. The number of nitrogens with two attached hydrogens (primary N) is 1. The van der Waals surface area contributed by atoms with Gasteiger partial charge in [-0.2, -0.15) is 0 Å². The molecule has 0 fully saturated rings. The zero-order valence-corrected chi connectivity index (χ0v) is 12.9. The summed E-state index contributed by atoms with van der Waals surface area (Å²) < 4.78 is 0.985. The summed E-state index contributed by atoms with van der Waals surface area (Å²) in [5.74, 6) is 1.15. The van der Waals surface area contributed by atoms with Gasteiger partial charge in [-0.05, 0) is 23.6 Å². The summed E-state index contributed by atoms with van der Waals surface area (Å²) in [4.78, 5) is 6.48. The van der Waals surface area contributed by atoms with Crippen LogP contribution in [0.4, 0.5) is 0 Å². The first kappa shape index (κ1) is 13.7. The van der Waals surface area contributed by atoms with Crippen LogP contribution in [0.5, 0.6) is 0 Å². The van der Waals surface area contributed by atoms with Crippen LogP contribution in [0.1, 0.15) is 25.5 Å². The van der Waals surface area contributed by atoms with Crippen molar-refractivity contribution in [3.8, 4) is 0 Å². The average Bonchev–Trinajstić information content (AvgIpc) is 2.60. The van der Waals surface area contributed by atoms with Gasteiger partial charge in [-0.25, -0.2) is 0 Å². The number of guanidine groups is 1. The van der Waals surface area contributed by atoms with Crippen LogP contribution in [0, 0.1) is 5.92 Å². The summed E-state index contributed by atoms with van der Waals surface area (Å²) in [7, 11) is 0. The molecule has 1 aromatic carbocycles. The highest BCUT2D eigenvalue weighted by molar-refractivity contribution is 9.10. The van der Waals surface area contributed by atoms with Crippen LogP contribution in [-0.2, 0) is 0 Å². The molecular formula is C13H17BrClN3. The van der Waals surface area contributed by atoms with Gasteiger partial charge >= 0.3 is 0 Å². The SMILES string of the molecule is CC(C)CN1C(N)=NCC1c1ccc(Br)cc1Cl. The Bertz CT molecular complexity index is 473. The fourth-order valence-corrected chi connectivity index (χ4v) is 2.98. The lowest BCUT2D eigenvalue weighted by molar-refractivity contribution is 0.309. The Morgan fingerprint density at radius 1 is 1.56 bits per heavy atom. The van der Waals surface area contributed by atoms with Crippen molar-refractivity contribution in [3.05, 3.63) is 33.3 Å². The summed E-state index contributed by atoms with van der Waals surface area (Å²) >= 11 is 9.73. The molecule has 1 atom stereocenters. The van der Waals surface area contributed by atoms with E-state index in [1.807, 2.05) is 18.2 Å². The van der Waals surface area contributed by atoms with E-state index >= 15 is 0 Å². The molecule has 1 heterocycles. The smallest absolute Gasteiger partial charge is 0.191 e. The van der Waals surface area contributed by atoms with Crippen LogP contribution >= 0.6 is 27.5 Å². The van der Waals surface area contributed by atoms with Crippen LogP contribution in [0.25, 0.3) is 0 Å². The highest BCUT2D eigenvalue weighted by Gasteiger charge is 2.29. The van der Waals surface area contributed by atoms with E-state index in [1.165, 1.54) is 0 Å². The monoisotopic (exact) mass is 329 g/mol. The second-order valence-corrected chi connectivity index (χ2v) is 6.25. The molecule has 98 valence electrons. The van der Waals surface area contributed by atoms with E-state index in [1.54, 1.807) is 0 Å². The number of hydrogen-bond acceptors (Lipinski definition) is 3. The van der Waals surface area contributed by atoms with E-state index in [2.05, 4.69) is 39.7 Å². The molecule has 2 N–H and O–H groups in total. The predicted molar refractivity (Wildman–Crippen MR) is 79.9 cm³/mol. The Morgan fingerprint density at radius 2 is 2.28 bits per heavy atom. The van der Waals surface area contributed by atoms with Gasteiger partial charge in [0.05, 0.1) is 12.6 Å².